The van der Waals surface area contributed by atoms with Crippen molar-refractivity contribution >= 4 is 0 Å². The van der Waals surface area contributed by atoms with Gasteiger partial charge in [-0.1, -0.05) is 48.5 Å². The lowest BCUT2D eigenvalue weighted by Crippen LogP contribution is -2.69. The predicted molar refractivity (Wildman–Crippen MR) is 181 cm³/mol. The summed E-state index contributed by atoms with van der Waals surface area (Å²) in [7, 11) is 0. The molecule has 0 aromatic carbocycles. The second-order valence-corrected chi connectivity index (χ2v) is 18.2. The highest BCUT2D eigenvalue weighted by molar-refractivity contribution is 5.20. The molecule has 0 spiro atoms. The molecule has 0 radical (unpaired) electrons. The van der Waals surface area contributed by atoms with Crippen molar-refractivity contribution in [2.45, 2.75) is 151 Å². The predicted octanol–water partition coefficient (Wildman–Crippen LogP) is 8.43. The Bertz CT molecular complexity index is 1130. The number of nitriles is 2. The van der Waals surface area contributed by atoms with Crippen LogP contribution in [-0.2, 0) is 9.57 Å². The van der Waals surface area contributed by atoms with Crippen molar-refractivity contribution in [2.75, 3.05) is 19.8 Å². The Hall–Kier alpha value is -1.18. The monoisotopic (exact) mass is 623 g/mol. The summed E-state index contributed by atoms with van der Waals surface area (Å²) in [6, 6.07) is 4.79. The van der Waals surface area contributed by atoms with Gasteiger partial charge in [0.1, 0.15) is 6.10 Å². The van der Waals surface area contributed by atoms with Crippen molar-refractivity contribution < 1.29 is 9.57 Å². The Labute approximate surface area is 276 Å². The van der Waals surface area contributed by atoms with Crippen LogP contribution in [0, 0.1) is 85.2 Å². The Morgan fingerprint density at radius 2 is 1.56 bits per heavy atom. The van der Waals surface area contributed by atoms with E-state index in [-0.39, 0.29) is 17.6 Å². The molecule has 5 saturated carbocycles. The first-order chi connectivity index (χ1) is 21.2. The van der Waals surface area contributed by atoms with Crippen LogP contribution in [0.25, 0.3) is 0 Å². The van der Waals surface area contributed by atoms with E-state index in [2.05, 4.69) is 71.4 Å². The molecule has 6 heteroatoms. The van der Waals surface area contributed by atoms with E-state index in [0.29, 0.717) is 64.6 Å². The first-order valence-electron chi connectivity index (χ1n) is 18.7. The molecule has 0 heterocycles. The molecule has 5 rings (SSSR count). The van der Waals surface area contributed by atoms with Crippen molar-refractivity contribution in [3.05, 3.63) is 0 Å². The van der Waals surface area contributed by atoms with Gasteiger partial charge in [-0.25, -0.2) is 0 Å². The number of hydrogen-bond donors (Lipinski definition) is 2. The second-order valence-electron chi connectivity index (χ2n) is 18.2. The minimum atomic E-state index is -0.323. The summed E-state index contributed by atoms with van der Waals surface area (Å²) in [6.45, 7) is 24.3. The van der Waals surface area contributed by atoms with Crippen LogP contribution in [0.4, 0.5) is 0 Å². The molecule has 8 unspecified atom stereocenters. The molecular formula is C39H66N4O2. The Kier molecular flexibility index (Phi) is 10.2. The summed E-state index contributed by atoms with van der Waals surface area (Å²) in [6.07, 6.45) is 13.8. The summed E-state index contributed by atoms with van der Waals surface area (Å²) < 4.78 is 6.02. The third-order valence-corrected chi connectivity index (χ3v) is 15.7. The zero-order valence-electron chi connectivity index (χ0n) is 30.3. The maximum Gasteiger partial charge on any atom is 0.141 e. The molecule has 6 nitrogen and oxygen atoms in total. The molecule has 13 atom stereocenters. The van der Waals surface area contributed by atoms with Crippen molar-refractivity contribution in [3.63, 3.8) is 0 Å². The van der Waals surface area contributed by atoms with Crippen LogP contribution in [0.5, 0.6) is 0 Å². The first kappa shape index (κ1) is 35.1. The molecule has 0 bridgehead atoms. The van der Waals surface area contributed by atoms with Crippen LogP contribution in [0.3, 0.4) is 0 Å². The molecule has 0 aromatic rings. The number of fused-ring (bicyclic) bond motifs is 7. The second kappa shape index (κ2) is 13.0. The fourth-order valence-corrected chi connectivity index (χ4v) is 13.0. The largest absolute Gasteiger partial charge is 0.363 e. The SMILES string of the molecule is CC(C#N)NCCCONC1CCC(C)(C)C2CC[C@]3(C)C(CCC4C5[C@H](C(C)COC(C)C#N)CC[C@]5(C)CC[C@]43C)[C@@]12C. The van der Waals surface area contributed by atoms with E-state index in [1.165, 1.54) is 64.2 Å². The molecule has 0 amide bonds. The van der Waals surface area contributed by atoms with Crippen LogP contribution in [0.1, 0.15) is 133 Å². The van der Waals surface area contributed by atoms with E-state index < -0.39 is 0 Å². The van der Waals surface area contributed by atoms with Gasteiger partial charge in [-0.15, -0.1) is 0 Å². The zero-order chi connectivity index (χ0) is 32.8. The highest BCUT2D eigenvalue weighted by Gasteiger charge is 2.71. The molecule has 0 aliphatic heterocycles. The lowest BCUT2D eigenvalue weighted by Gasteiger charge is -2.73. The zero-order valence-corrected chi connectivity index (χ0v) is 30.3. The number of hydroxylamine groups is 1. The molecule has 0 saturated heterocycles. The van der Waals surface area contributed by atoms with Crippen molar-refractivity contribution in [1.82, 2.24) is 10.8 Å². The van der Waals surface area contributed by atoms with Crippen LogP contribution in [0.15, 0.2) is 0 Å². The minimum Gasteiger partial charge on any atom is -0.363 e. The molecule has 5 fully saturated rings. The fraction of sp³-hybridized carbons (Fsp3) is 0.949. The average Bonchev–Trinajstić information content (AvgIpc) is 3.36. The van der Waals surface area contributed by atoms with Crippen molar-refractivity contribution in [2.24, 2.45) is 62.6 Å². The smallest absolute Gasteiger partial charge is 0.141 e. The van der Waals surface area contributed by atoms with E-state index in [0.717, 1.165) is 24.8 Å². The lowest BCUT2D eigenvalue weighted by atomic mass is 9.32. The van der Waals surface area contributed by atoms with Gasteiger partial charge in [0.05, 0.1) is 31.4 Å². The van der Waals surface area contributed by atoms with Gasteiger partial charge in [0, 0.05) is 6.04 Å². The maximum atomic E-state index is 9.33. The van der Waals surface area contributed by atoms with E-state index in [1.807, 2.05) is 13.8 Å². The molecule has 254 valence electrons. The van der Waals surface area contributed by atoms with Crippen LogP contribution >= 0.6 is 0 Å². The summed E-state index contributed by atoms with van der Waals surface area (Å²) in [5, 5.41) is 21.7. The molecule has 5 aliphatic carbocycles. The Morgan fingerprint density at radius 1 is 0.800 bits per heavy atom. The van der Waals surface area contributed by atoms with Crippen LogP contribution < -0.4 is 10.8 Å². The lowest BCUT2D eigenvalue weighted by molar-refractivity contribution is -0.251. The third kappa shape index (κ3) is 5.92. The minimum absolute atomic E-state index is 0.115. The van der Waals surface area contributed by atoms with Gasteiger partial charge in [0.15, 0.2) is 0 Å². The van der Waals surface area contributed by atoms with E-state index in [4.69, 9.17) is 14.8 Å². The molecule has 45 heavy (non-hydrogen) atoms. The van der Waals surface area contributed by atoms with Gasteiger partial charge < -0.3 is 14.9 Å². The average molecular weight is 623 g/mol. The maximum absolute atomic E-state index is 9.33. The summed E-state index contributed by atoms with van der Waals surface area (Å²) >= 11 is 0. The molecule has 2 N–H and O–H groups in total. The van der Waals surface area contributed by atoms with E-state index in [9.17, 15) is 5.26 Å². The van der Waals surface area contributed by atoms with Gasteiger partial charge in [-0.2, -0.15) is 16.0 Å². The van der Waals surface area contributed by atoms with Gasteiger partial charge in [0.2, 0.25) is 0 Å². The number of nitrogens with one attached hydrogen (secondary N) is 2. The van der Waals surface area contributed by atoms with Gasteiger partial charge in [0.25, 0.3) is 0 Å². The van der Waals surface area contributed by atoms with Crippen LogP contribution in [-0.4, -0.2) is 37.9 Å². The standard InChI is InChI=1S/C39H66N4O2/c1-26(25-44-28(3)24-41)29-13-17-36(6)19-20-37(7)30(34(29)36)11-12-32-38(37,8)18-14-31-35(4,5)16-15-33(39(31,32)9)43-45-22-10-21-42-27(2)23-40/h26-34,42-43H,10-22,25H2,1-9H3/t26?,27?,28?,29-,30?,31?,32?,33?,34?,36+,37+,38+,39-/m0/s1. The summed E-state index contributed by atoms with van der Waals surface area (Å²) in [5.41, 5.74) is 5.34. The van der Waals surface area contributed by atoms with Crippen molar-refractivity contribution in [1.29, 1.82) is 10.5 Å². The number of rotatable bonds is 11. The molecular weight excluding hydrogens is 556 g/mol. The van der Waals surface area contributed by atoms with E-state index in [1.54, 1.807) is 0 Å². The fourth-order valence-electron chi connectivity index (χ4n) is 13.0. The Morgan fingerprint density at radius 3 is 2.27 bits per heavy atom. The highest BCUT2D eigenvalue weighted by atomic mass is 16.6. The molecule has 0 aromatic heterocycles. The quantitative estimate of drug-likeness (QED) is 0.178. The van der Waals surface area contributed by atoms with Crippen LogP contribution in [0.2, 0.25) is 0 Å². The summed E-state index contributed by atoms with van der Waals surface area (Å²) in [4.78, 5) is 6.27. The topological polar surface area (TPSA) is 90.1 Å². The van der Waals surface area contributed by atoms with Gasteiger partial charge in [-0.05, 0) is 154 Å². The number of nitrogens with zero attached hydrogens (tertiary/aromatic N) is 2. The first-order valence-corrected chi connectivity index (χ1v) is 18.7. The number of ether oxygens (including phenoxy) is 1. The van der Waals surface area contributed by atoms with Crippen molar-refractivity contribution in [3.8, 4) is 12.1 Å². The summed E-state index contributed by atoms with van der Waals surface area (Å²) in [5.74, 6) is 4.10. The van der Waals surface area contributed by atoms with Gasteiger partial charge in [-0.3, -0.25) is 0 Å². The normalized spacial score (nSPS) is 45.5. The number of hydrogen-bond acceptors (Lipinski definition) is 6. The van der Waals surface area contributed by atoms with Gasteiger partial charge >= 0.3 is 0 Å². The van der Waals surface area contributed by atoms with E-state index >= 15 is 0 Å². The Balaban J connectivity index is 1.38. The third-order valence-electron chi connectivity index (χ3n) is 15.7. The highest BCUT2D eigenvalue weighted by Crippen LogP contribution is 2.77. The molecule has 5 aliphatic rings.